The Morgan fingerprint density at radius 2 is 1.91 bits per heavy atom. The number of fused-ring (bicyclic) bond motifs is 1. The normalized spacial score (nSPS) is 11.1. The van der Waals surface area contributed by atoms with Crippen LogP contribution in [0, 0.1) is 6.92 Å². The first-order valence-electron chi connectivity index (χ1n) is 10.1. The Morgan fingerprint density at radius 3 is 2.53 bits per heavy atom. The molecule has 0 aliphatic heterocycles. The van der Waals surface area contributed by atoms with Gasteiger partial charge < -0.3 is 24.3 Å². The predicted octanol–water partition coefficient (Wildman–Crippen LogP) is 2.90. The first-order chi connectivity index (χ1) is 15.1. The zero-order valence-corrected chi connectivity index (χ0v) is 19.9. The summed E-state index contributed by atoms with van der Waals surface area (Å²) >= 11 is 1.06. The van der Waals surface area contributed by atoms with E-state index >= 15 is 0 Å². The van der Waals surface area contributed by atoms with Gasteiger partial charge >= 0.3 is 5.97 Å². The Labute approximate surface area is 190 Å². The van der Waals surface area contributed by atoms with Gasteiger partial charge in [0, 0.05) is 26.8 Å². The molecule has 1 N–H and O–H groups in total. The average Bonchev–Trinajstić information content (AvgIpc) is 3.25. The molecule has 3 heterocycles. The standard InChI is InChI=1S/C22H27N5O4S/c1-7-31-22(30)16-13(2)18(21(29)26(5)6)32-20(16)24-19(28)17-14(12-25(3)4)27-11-9-8-10-15(27)23-17/h8-11H,7,12H2,1-6H3,(H,24,28). The minimum absolute atomic E-state index is 0.178. The summed E-state index contributed by atoms with van der Waals surface area (Å²) in [7, 11) is 7.08. The van der Waals surface area contributed by atoms with E-state index < -0.39 is 11.9 Å². The van der Waals surface area contributed by atoms with E-state index in [9.17, 15) is 14.4 Å². The van der Waals surface area contributed by atoms with Crippen LogP contribution in [0.15, 0.2) is 24.4 Å². The third-order valence-electron chi connectivity index (χ3n) is 4.76. The van der Waals surface area contributed by atoms with E-state index in [4.69, 9.17) is 4.74 Å². The van der Waals surface area contributed by atoms with E-state index in [1.54, 1.807) is 27.9 Å². The topological polar surface area (TPSA) is 96.2 Å². The van der Waals surface area contributed by atoms with Gasteiger partial charge in [0.1, 0.15) is 10.6 Å². The summed E-state index contributed by atoms with van der Waals surface area (Å²) < 4.78 is 7.04. The van der Waals surface area contributed by atoms with Crippen LogP contribution >= 0.6 is 11.3 Å². The summed E-state index contributed by atoms with van der Waals surface area (Å²) in [6, 6.07) is 5.55. The van der Waals surface area contributed by atoms with Crippen molar-refractivity contribution in [3.63, 3.8) is 0 Å². The van der Waals surface area contributed by atoms with Crippen LogP contribution in [0.25, 0.3) is 5.65 Å². The molecule has 0 unspecified atom stereocenters. The molecular formula is C22H27N5O4S. The fourth-order valence-electron chi connectivity index (χ4n) is 3.30. The van der Waals surface area contributed by atoms with Gasteiger partial charge in [-0.15, -0.1) is 11.3 Å². The smallest absolute Gasteiger partial charge is 0.341 e. The van der Waals surface area contributed by atoms with E-state index in [1.165, 1.54) is 4.90 Å². The fraction of sp³-hybridized carbons (Fsp3) is 0.364. The molecule has 0 aliphatic carbocycles. The first-order valence-corrected chi connectivity index (χ1v) is 10.9. The highest BCUT2D eigenvalue weighted by Crippen LogP contribution is 2.35. The van der Waals surface area contributed by atoms with Crippen molar-refractivity contribution < 1.29 is 19.1 Å². The quantitative estimate of drug-likeness (QED) is 0.548. The van der Waals surface area contributed by atoms with Gasteiger partial charge in [-0.25, -0.2) is 9.78 Å². The Kier molecular flexibility index (Phi) is 6.95. The average molecular weight is 458 g/mol. The van der Waals surface area contributed by atoms with Crippen molar-refractivity contribution in [1.29, 1.82) is 0 Å². The number of hydrogen-bond donors (Lipinski definition) is 1. The molecule has 0 radical (unpaired) electrons. The van der Waals surface area contributed by atoms with E-state index in [2.05, 4.69) is 10.3 Å². The van der Waals surface area contributed by atoms with Crippen molar-refractivity contribution in [2.75, 3.05) is 40.1 Å². The molecule has 0 aromatic carbocycles. The molecule has 9 nitrogen and oxygen atoms in total. The molecule has 3 aromatic rings. The van der Waals surface area contributed by atoms with Gasteiger partial charge in [0.05, 0.1) is 22.7 Å². The molecule has 0 spiro atoms. The van der Waals surface area contributed by atoms with Crippen molar-refractivity contribution in [2.45, 2.75) is 20.4 Å². The molecule has 0 atom stereocenters. The molecule has 0 saturated carbocycles. The van der Waals surface area contributed by atoms with Crippen LogP contribution < -0.4 is 5.32 Å². The zero-order chi connectivity index (χ0) is 23.6. The molecular weight excluding hydrogens is 430 g/mol. The number of anilines is 1. The number of aromatic nitrogens is 2. The number of amides is 2. The first kappa shape index (κ1) is 23.4. The lowest BCUT2D eigenvalue weighted by Crippen LogP contribution is -2.21. The summed E-state index contributed by atoms with van der Waals surface area (Å²) in [6.45, 7) is 4.05. The predicted molar refractivity (Wildman–Crippen MR) is 124 cm³/mol. The number of esters is 1. The molecule has 0 bridgehead atoms. The second-order valence-corrected chi connectivity index (χ2v) is 8.73. The zero-order valence-electron chi connectivity index (χ0n) is 19.1. The Hall–Kier alpha value is -3.24. The second-order valence-electron chi connectivity index (χ2n) is 7.71. The van der Waals surface area contributed by atoms with Crippen LogP contribution in [-0.4, -0.2) is 71.8 Å². The Balaban J connectivity index is 2.07. The van der Waals surface area contributed by atoms with Gasteiger partial charge in [0.25, 0.3) is 11.8 Å². The molecule has 32 heavy (non-hydrogen) atoms. The summed E-state index contributed by atoms with van der Waals surface area (Å²) in [5, 5.41) is 3.08. The number of pyridine rings is 1. The Bertz CT molecular complexity index is 1180. The van der Waals surface area contributed by atoms with Gasteiger partial charge in [0.15, 0.2) is 5.69 Å². The summed E-state index contributed by atoms with van der Waals surface area (Å²) in [5.74, 6) is -1.29. The van der Waals surface area contributed by atoms with Crippen LogP contribution in [0.5, 0.6) is 0 Å². The number of imidazole rings is 1. The lowest BCUT2D eigenvalue weighted by Gasteiger charge is -2.11. The number of nitrogens with one attached hydrogen (secondary N) is 1. The molecule has 0 aliphatic rings. The Morgan fingerprint density at radius 1 is 1.19 bits per heavy atom. The lowest BCUT2D eigenvalue weighted by atomic mass is 10.1. The van der Waals surface area contributed by atoms with E-state index in [1.807, 2.05) is 47.8 Å². The van der Waals surface area contributed by atoms with Gasteiger partial charge in [0.2, 0.25) is 0 Å². The molecule has 0 fully saturated rings. The highest BCUT2D eigenvalue weighted by Gasteiger charge is 2.29. The molecule has 0 saturated heterocycles. The fourth-order valence-corrected chi connectivity index (χ4v) is 4.51. The van der Waals surface area contributed by atoms with Crippen LogP contribution in [0.2, 0.25) is 0 Å². The van der Waals surface area contributed by atoms with Crippen LogP contribution in [0.3, 0.4) is 0 Å². The molecule has 10 heteroatoms. The lowest BCUT2D eigenvalue weighted by molar-refractivity contribution is 0.0527. The van der Waals surface area contributed by atoms with Gasteiger partial charge in [-0.2, -0.15) is 0 Å². The van der Waals surface area contributed by atoms with Crippen LogP contribution in [0.4, 0.5) is 5.00 Å². The molecule has 2 amide bonds. The van der Waals surface area contributed by atoms with Crippen molar-refractivity contribution in [1.82, 2.24) is 19.2 Å². The third kappa shape index (κ3) is 4.51. The maximum atomic E-state index is 13.3. The minimum atomic E-state index is -0.585. The number of thiophene rings is 1. The van der Waals surface area contributed by atoms with Gasteiger partial charge in [-0.1, -0.05) is 6.07 Å². The van der Waals surface area contributed by atoms with Crippen molar-refractivity contribution >= 4 is 39.8 Å². The summed E-state index contributed by atoms with van der Waals surface area (Å²) in [5.41, 5.74) is 2.29. The van der Waals surface area contributed by atoms with Gasteiger partial charge in [-0.05, 0) is 45.6 Å². The van der Waals surface area contributed by atoms with E-state index in [0.29, 0.717) is 22.6 Å². The molecule has 3 aromatic heterocycles. The number of hydrogen-bond acceptors (Lipinski definition) is 7. The van der Waals surface area contributed by atoms with Crippen molar-refractivity contribution in [3.05, 3.63) is 51.8 Å². The monoisotopic (exact) mass is 457 g/mol. The maximum Gasteiger partial charge on any atom is 0.341 e. The number of ether oxygens (including phenoxy) is 1. The summed E-state index contributed by atoms with van der Waals surface area (Å²) in [4.78, 5) is 46.8. The maximum absolute atomic E-state index is 13.3. The SMILES string of the molecule is CCOC(=O)c1c(NC(=O)c2nc3ccccn3c2CN(C)C)sc(C(=O)N(C)C)c1C. The van der Waals surface area contributed by atoms with Crippen LogP contribution in [0.1, 0.15) is 48.7 Å². The third-order valence-corrected chi connectivity index (χ3v) is 5.96. The number of rotatable bonds is 7. The highest BCUT2D eigenvalue weighted by molar-refractivity contribution is 7.18. The number of nitrogens with zero attached hydrogens (tertiary/aromatic N) is 4. The van der Waals surface area contributed by atoms with Crippen molar-refractivity contribution in [3.8, 4) is 0 Å². The molecule has 3 rings (SSSR count). The van der Waals surface area contributed by atoms with Crippen LogP contribution in [-0.2, 0) is 11.3 Å². The van der Waals surface area contributed by atoms with Crippen molar-refractivity contribution in [2.24, 2.45) is 0 Å². The second kappa shape index (κ2) is 9.49. The van der Waals surface area contributed by atoms with Gasteiger partial charge in [-0.3, -0.25) is 9.59 Å². The number of carbonyl (C=O) groups is 3. The molecule has 170 valence electrons. The largest absolute Gasteiger partial charge is 0.462 e. The highest BCUT2D eigenvalue weighted by atomic mass is 32.1. The van der Waals surface area contributed by atoms with E-state index in [0.717, 1.165) is 17.0 Å². The van der Waals surface area contributed by atoms with E-state index in [-0.39, 0.29) is 28.8 Å². The minimum Gasteiger partial charge on any atom is -0.462 e. The number of carbonyl (C=O) groups excluding carboxylic acids is 3. The summed E-state index contributed by atoms with van der Waals surface area (Å²) in [6.07, 6.45) is 1.85.